The van der Waals surface area contributed by atoms with Crippen molar-refractivity contribution in [3.63, 3.8) is 0 Å². The Hall–Kier alpha value is -1.30. The third kappa shape index (κ3) is 4.09. The summed E-state index contributed by atoms with van der Waals surface area (Å²) in [5.74, 6) is -0.831. The fourth-order valence-corrected chi connectivity index (χ4v) is 3.67. The van der Waals surface area contributed by atoms with E-state index >= 15 is 0 Å². The van der Waals surface area contributed by atoms with E-state index in [-0.39, 0.29) is 18.5 Å². The van der Waals surface area contributed by atoms with Crippen LogP contribution in [0.4, 0.5) is 4.79 Å². The first-order valence-electron chi connectivity index (χ1n) is 8.07. The molecule has 0 aromatic rings. The van der Waals surface area contributed by atoms with Gasteiger partial charge in [-0.2, -0.15) is 0 Å². The zero-order valence-electron chi connectivity index (χ0n) is 12.9. The van der Waals surface area contributed by atoms with Gasteiger partial charge in [0, 0.05) is 12.6 Å². The lowest BCUT2D eigenvalue weighted by Gasteiger charge is -2.37. The van der Waals surface area contributed by atoms with Gasteiger partial charge in [0.05, 0.1) is 12.0 Å². The summed E-state index contributed by atoms with van der Waals surface area (Å²) < 4.78 is 0. The van der Waals surface area contributed by atoms with E-state index in [0.29, 0.717) is 6.54 Å². The summed E-state index contributed by atoms with van der Waals surface area (Å²) in [5.41, 5.74) is -0.538. The average molecular weight is 297 g/mol. The van der Waals surface area contributed by atoms with Crippen molar-refractivity contribution in [2.45, 2.75) is 63.5 Å². The Balaban J connectivity index is 2.00. The van der Waals surface area contributed by atoms with Gasteiger partial charge < -0.3 is 20.6 Å². The molecule has 1 aliphatic carbocycles. The molecule has 120 valence electrons. The first-order valence-corrected chi connectivity index (χ1v) is 8.07. The fraction of sp³-hybridized carbons (Fsp3) is 0.867. The molecule has 0 bridgehead atoms. The number of amides is 2. The smallest absolute Gasteiger partial charge is 0.318 e. The summed E-state index contributed by atoms with van der Waals surface area (Å²) >= 11 is 0. The molecule has 3 N–H and O–H groups in total. The molecule has 6 heteroatoms. The maximum atomic E-state index is 12.6. The van der Waals surface area contributed by atoms with E-state index in [9.17, 15) is 9.59 Å². The molecule has 0 radical (unpaired) electrons. The van der Waals surface area contributed by atoms with Crippen LogP contribution in [0.15, 0.2) is 0 Å². The zero-order valence-corrected chi connectivity index (χ0v) is 12.9. The molecule has 2 aliphatic rings. The predicted octanol–water partition coefficient (Wildman–Crippen LogP) is 1.56. The summed E-state index contributed by atoms with van der Waals surface area (Å²) in [6.07, 6.45) is 5.49. The Kier molecular flexibility index (Phi) is 5.45. The number of carboxylic acid groups (broad SMARTS) is 1. The quantitative estimate of drug-likeness (QED) is 0.719. The molecule has 6 nitrogen and oxygen atoms in total. The number of rotatable bonds is 5. The van der Waals surface area contributed by atoms with Gasteiger partial charge in [-0.05, 0) is 45.7 Å². The van der Waals surface area contributed by atoms with Crippen molar-refractivity contribution < 1.29 is 14.7 Å². The molecule has 1 saturated carbocycles. The van der Waals surface area contributed by atoms with Crippen molar-refractivity contribution in [2.75, 3.05) is 19.6 Å². The van der Waals surface area contributed by atoms with Crippen molar-refractivity contribution in [1.82, 2.24) is 15.5 Å². The lowest BCUT2D eigenvalue weighted by molar-refractivity contribution is -0.138. The maximum absolute atomic E-state index is 12.6. The molecule has 0 atom stereocenters. The number of aliphatic carboxylic acids is 1. The summed E-state index contributed by atoms with van der Waals surface area (Å²) in [5, 5.41) is 15.5. The monoisotopic (exact) mass is 297 g/mol. The molecule has 0 aromatic heterocycles. The van der Waals surface area contributed by atoms with Crippen LogP contribution in [0.3, 0.4) is 0 Å². The molecule has 21 heavy (non-hydrogen) atoms. The topological polar surface area (TPSA) is 81.7 Å². The summed E-state index contributed by atoms with van der Waals surface area (Å²) in [4.78, 5) is 25.6. The van der Waals surface area contributed by atoms with Crippen LogP contribution in [0.1, 0.15) is 51.9 Å². The van der Waals surface area contributed by atoms with Crippen molar-refractivity contribution in [1.29, 1.82) is 0 Å². The average Bonchev–Trinajstić information content (AvgIpc) is 2.88. The number of piperidine rings is 1. The summed E-state index contributed by atoms with van der Waals surface area (Å²) in [7, 11) is 0. The van der Waals surface area contributed by atoms with Crippen LogP contribution in [-0.2, 0) is 4.79 Å². The molecule has 0 unspecified atom stereocenters. The van der Waals surface area contributed by atoms with Crippen LogP contribution in [-0.4, -0.2) is 53.2 Å². The molecule has 0 spiro atoms. The third-order valence-corrected chi connectivity index (χ3v) is 4.77. The molecule has 1 saturated heterocycles. The minimum Gasteiger partial charge on any atom is -0.481 e. The third-order valence-electron chi connectivity index (χ3n) is 4.77. The molecule has 2 fully saturated rings. The largest absolute Gasteiger partial charge is 0.481 e. The number of carboxylic acids is 1. The molecule has 2 rings (SSSR count). The fourth-order valence-electron chi connectivity index (χ4n) is 3.67. The summed E-state index contributed by atoms with van der Waals surface area (Å²) in [6.45, 7) is 4.53. The molecule has 2 amide bonds. The van der Waals surface area contributed by atoms with E-state index in [2.05, 4.69) is 10.6 Å². The van der Waals surface area contributed by atoms with E-state index < -0.39 is 11.5 Å². The minimum atomic E-state index is -0.831. The number of carbonyl (C=O) groups excluding carboxylic acids is 1. The van der Waals surface area contributed by atoms with Crippen LogP contribution in [0.25, 0.3) is 0 Å². The normalized spacial score (nSPS) is 22.0. The number of nitrogens with one attached hydrogen (secondary N) is 2. The SMILES string of the molecule is CCN(C(=O)NC1(CC(=O)O)CCCC1)C1CCNCC1. The van der Waals surface area contributed by atoms with Gasteiger partial charge in [0.1, 0.15) is 0 Å². The van der Waals surface area contributed by atoms with Gasteiger partial charge in [-0.1, -0.05) is 12.8 Å². The minimum absolute atomic E-state index is 0.0303. The van der Waals surface area contributed by atoms with Crippen LogP contribution >= 0.6 is 0 Å². The van der Waals surface area contributed by atoms with E-state index in [1.54, 1.807) is 0 Å². The van der Waals surface area contributed by atoms with E-state index in [0.717, 1.165) is 51.6 Å². The van der Waals surface area contributed by atoms with Gasteiger partial charge in [-0.3, -0.25) is 4.79 Å². The second-order valence-electron chi connectivity index (χ2n) is 6.26. The van der Waals surface area contributed by atoms with Gasteiger partial charge in [0.2, 0.25) is 0 Å². The Labute approximate surface area is 126 Å². The van der Waals surface area contributed by atoms with Gasteiger partial charge in [-0.25, -0.2) is 4.79 Å². The lowest BCUT2D eigenvalue weighted by Crippen LogP contribution is -2.56. The van der Waals surface area contributed by atoms with Crippen LogP contribution < -0.4 is 10.6 Å². The van der Waals surface area contributed by atoms with E-state index in [1.165, 1.54) is 0 Å². The van der Waals surface area contributed by atoms with Crippen LogP contribution in [0.2, 0.25) is 0 Å². The first kappa shape index (κ1) is 16.1. The standard InChI is InChI=1S/C15H27N3O3/c1-2-18(12-5-9-16-10-6-12)14(21)17-15(11-13(19)20)7-3-4-8-15/h12,16H,2-11H2,1H3,(H,17,21)(H,19,20). The van der Waals surface area contributed by atoms with Crippen LogP contribution in [0.5, 0.6) is 0 Å². The number of hydrogen-bond donors (Lipinski definition) is 3. The second-order valence-corrected chi connectivity index (χ2v) is 6.26. The highest BCUT2D eigenvalue weighted by Crippen LogP contribution is 2.33. The Morgan fingerprint density at radius 2 is 1.90 bits per heavy atom. The van der Waals surface area contributed by atoms with E-state index in [1.807, 2.05) is 11.8 Å². The summed E-state index contributed by atoms with van der Waals surface area (Å²) in [6, 6.07) is 0.173. The number of hydrogen-bond acceptors (Lipinski definition) is 3. The highest BCUT2D eigenvalue weighted by molar-refractivity contribution is 5.77. The number of urea groups is 1. The maximum Gasteiger partial charge on any atom is 0.318 e. The van der Waals surface area contributed by atoms with Crippen molar-refractivity contribution in [3.05, 3.63) is 0 Å². The molecule has 0 aromatic carbocycles. The number of carbonyl (C=O) groups is 2. The van der Waals surface area contributed by atoms with Gasteiger partial charge >= 0.3 is 12.0 Å². The number of nitrogens with zero attached hydrogens (tertiary/aromatic N) is 1. The Bertz CT molecular complexity index is 374. The Morgan fingerprint density at radius 3 is 2.43 bits per heavy atom. The van der Waals surface area contributed by atoms with Crippen LogP contribution in [0, 0.1) is 0 Å². The van der Waals surface area contributed by atoms with Gasteiger partial charge in [0.15, 0.2) is 0 Å². The highest BCUT2D eigenvalue weighted by Gasteiger charge is 2.39. The van der Waals surface area contributed by atoms with E-state index in [4.69, 9.17) is 5.11 Å². The highest BCUT2D eigenvalue weighted by atomic mass is 16.4. The van der Waals surface area contributed by atoms with Crippen molar-refractivity contribution >= 4 is 12.0 Å². The first-order chi connectivity index (χ1) is 10.1. The molecular formula is C15H27N3O3. The van der Waals surface area contributed by atoms with Gasteiger partial charge in [0.25, 0.3) is 0 Å². The van der Waals surface area contributed by atoms with Crippen molar-refractivity contribution in [2.24, 2.45) is 0 Å². The molecular weight excluding hydrogens is 270 g/mol. The lowest BCUT2D eigenvalue weighted by atomic mass is 9.93. The van der Waals surface area contributed by atoms with Crippen molar-refractivity contribution in [3.8, 4) is 0 Å². The molecule has 1 aliphatic heterocycles. The second kappa shape index (κ2) is 7.11. The molecule has 1 heterocycles. The predicted molar refractivity (Wildman–Crippen MR) is 80.3 cm³/mol. The zero-order chi connectivity index (χ0) is 15.3. The Morgan fingerprint density at radius 1 is 1.29 bits per heavy atom. The van der Waals surface area contributed by atoms with Gasteiger partial charge in [-0.15, -0.1) is 0 Å².